The number of anilines is 2. The number of benzene rings is 6. The Morgan fingerprint density at radius 3 is 1.23 bits per heavy atom. The fourth-order valence-electron chi connectivity index (χ4n) is 12.3. The van der Waals surface area contributed by atoms with E-state index in [9.17, 15) is 19.5 Å². The normalized spacial score (nSPS) is 15.2. The molecule has 10 rings (SSSR count). The number of nitrogens with zero attached hydrogens (tertiary/aromatic N) is 2. The van der Waals surface area contributed by atoms with E-state index in [1.54, 1.807) is 48.5 Å². The maximum Gasteiger partial charge on any atom is 0.339 e. The van der Waals surface area contributed by atoms with Crippen LogP contribution in [0.2, 0.25) is 0 Å². The molecule has 18 heteroatoms. The van der Waals surface area contributed by atoms with Crippen LogP contribution in [0.5, 0.6) is 11.5 Å². The van der Waals surface area contributed by atoms with Crippen molar-refractivity contribution in [2.24, 2.45) is 0 Å². The van der Waals surface area contributed by atoms with E-state index >= 15 is 14.4 Å². The number of hydrogen-bond acceptors (Lipinski definition) is 15. The topological polar surface area (TPSA) is 212 Å². The van der Waals surface area contributed by atoms with Gasteiger partial charge in [-0.15, -0.1) is 0 Å². The fourth-order valence-corrected chi connectivity index (χ4v) is 12.3. The first-order chi connectivity index (χ1) is 42.1. The van der Waals surface area contributed by atoms with Crippen LogP contribution in [0, 0.1) is 0 Å². The third-order valence-electron chi connectivity index (χ3n) is 16.3. The lowest BCUT2D eigenvalue weighted by Crippen LogP contribution is -2.30. The number of fused-ring (bicyclic) bond motifs is 3. The van der Waals surface area contributed by atoms with Gasteiger partial charge in [-0.05, 0) is 127 Å². The van der Waals surface area contributed by atoms with Crippen LogP contribution in [-0.4, -0.2) is 140 Å². The van der Waals surface area contributed by atoms with Crippen LogP contribution < -0.4 is 19.3 Å². The highest BCUT2D eigenvalue weighted by molar-refractivity contribution is 6.39. The molecule has 2 aliphatic heterocycles. The van der Waals surface area contributed by atoms with Gasteiger partial charge in [0.05, 0.1) is 104 Å². The average molecular weight is 1180 g/mol. The van der Waals surface area contributed by atoms with Gasteiger partial charge in [0.25, 0.3) is 23.6 Å². The smallest absolute Gasteiger partial charge is 0.339 e. The molecule has 4 aliphatic rings. The molecule has 86 heavy (non-hydrogen) atoms. The van der Waals surface area contributed by atoms with Gasteiger partial charge >= 0.3 is 11.9 Å². The second kappa shape index (κ2) is 29.0. The Balaban J connectivity index is 1.02. The van der Waals surface area contributed by atoms with Crippen LogP contribution in [0.15, 0.2) is 97.1 Å². The third-order valence-corrected chi connectivity index (χ3v) is 16.3. The number of aromatic carboxylic acids is 1. The third kappa shape index (κ3) is 13.1. The number of imide groups is 2. The summed E-state index contributed by atoms with van der Waals surface area (Å²) in [6.07, 6.45) is 8.13. The summed E-state index contributed by atoms with van der Waals surface area (Å²) in [6, 6.07) is 27.4. The van der Waals surface area contributed by atoms with E-state index in [4.69, 9.17) is 42.6 Å². The van der Waals surface area contributed by atoms with Gasteiger partial charge in [-0.25, -0.2) is 19.4 Å². The summed E-state index contributed by atoms with van der Waals surface area (Å²) in [4.78, 5) is 89.6. The lowest BCUT2D eigenvalue weighted by Gasteiger charge is -2.21. The molecule has 0 bridgehead atoms. The Bertz CT molecular complexity index is 3470. The minimum absolute atomic E-state index is 0.0279. The Hall–Kier alpha value is -7.84. The van der Waals surface area contributed by atoms with Crippen molar-refractivity contribution in [2.75, 3.05) is 109 Å². The molecule has 0 radical (unpaired) electrons. The van der Waals surface area contributed by atoms with Crippen LogP contribution in [0.1, 0.15) is 157 Å². The summed E-state index contributed by atoms with van der Waals surface area (Å²) in [5.41, 5.74) is 3.08. The quantitative estimate of drug-likeness (QED) is 0.0243. The molecule has 2 heterocycles. The van der Waals surface area contributed by atoms with Crippen molar-refractivity contribution >= 4 is 57.7 Å². The monoisotopic (exact) mass is 1170 g/mol. The highest BCUT2D eigenvalue weighted by Gasteiger charge is 2.45. The summed E-state index contributed by atoms with van der Waals surface area (Å²) < 4.78 is 51.6. The first kappa shape index (κ1) is 61.3. The first-order valence-corrected chi connectivity index (χ1v) is 30.1. The van der Waals surface area contributed by atoms with Crippen LogP contribution in [0.4, 0.5) is 11.4 Å². The standard InChI is InChI=1S/C68H74N2O16/c1-4-78-29-32-81-35-38-84-57-41-45(19-21-47(57)43-13-7-8-14-43)69-63(71)59-53(25-27-55(67(75)76)61(59)65(69)73)51-23-24-52(50-18-12-11-17-49(50)51)54-26-28-56(68(77)86-40-37-83-34-31-80-6-3)62-60(54)64(72)70(66(62)74)46-20-22-48(44-15-9-10-16-44)58(42-46)85-39-36-82-33-30-79-5-2/h11-12,17-28,41-44H,4-10,13-16,29-40H2,1-3H3,(H,75,76). The van der Waals surface area contributed by atoms with Gasteiger partial charge in [-0.2, -0.15) is 0 Å². The maximum atomic E-state index is 15.4. The average Bonchev–Trinajstić information content (AvgIpc) is 1.59. The first-order valence-electron chi connectivity index (χ1n) is 30.1. The van der Waals surface area contributed by atoms with Crippen LogP contribution in [0.3, 0.4) is 0 Å². The lowest BCUT2D eigenvalue weighted by atomic mass is 9.86. The number of carbonyl (C=O) groups is 6. The molecule has 0 atom stereocenters. The van der Waals surface area contributed by atoms with E-state index in [0.717, 1.165) is 72.3 Å². The number of carboxylic acids is 1. The van der Waals surface area contributed by atoms with E-state index in [1.807, 2.05) is 51.1 Å². The fraction of sp³-hybridized carbons (Fsp3) is 0.412. The predicted molar refractivity (Wildman–Crippen MR) is 323 cm³/mol. The van der Waals surface area contributed by atoms with Gasteiger partial charge in [0.1, 0.15) is 31.3 Å². The molecule has 2 fully saturated rings. The van der Waals surface area contributed by atoms with E-state index in [2.05, 4.69) is 0 Å². The minimum Gasteiger partial charge on any atom is -0.491 e. The number of amides is 4. The van der Waals surface area contributed by atoms with Gasteiger partial charge in [-0.3, -0.25) is 19.2 Å². The van der Waals surface area contributed by atoms with E-state index < -0.39 is 35.6 Å². The second-order valence-corrected chi connectivity index (χ2v) is 21.4. The Labute approximate surface area is 500 Å². The van der Waals surface area contributed by atoms with Crippen molar-refractivity contribution in [3.8, 4) is 33.8 Å². The van der Waals surface area contributed by atoms with E-state index in [0.29, 0.717) is 97.4 Å². The molecular formula is C68H74N2O16. The zero-order valence-electron chi connectivity index (χ0n) is 49.1. The zero-order chi connectivity index (χ0) is 60.1. The predicted octanol–water partition coefficient (Wildman–Crippen LogP) is 11.9. The highest BCUT2D eigenvalue weighted by Crippen LogP contribution is 2.47. The molecule has 6 aromatic rings. The molecule has 0 saturated heterocycles. The van der Waals surface area contributed by atoms with Gasteiger partial charge in [0, 0.05) is 32.0 Å². The summed E-state index contributed by atoms with van der Waals surface area (Å²) >= 11 is 0. The number of rotatable bonds is 31. The van der Waals surface area contributed by atoms with Crippen molar-refractivity contribution in [3.63, 3.8) is 0 Å². The molecule has 4 amide bonds. The molecule has 18 nitrogen and oxygen atoms in total. The van der Waals surface area contributed by atoms with Crippen LogP contribution in [-0.2, 0) is 33.2 Å². The van der Waals surface area contributed by atoms with Crippen molar-refractivity contribution in [1.82, 2.24) is 0 Å². The van der Waals surface area contributed by atoms with Gasteiger partial charge in [0.15, 0.2) is 0 Å². The molecule has 0 aromatic heterocycles. The molecule has 0 spiro atoms. The summed E-state index contributed by atoms with van der Waals surface area (Å²) in [5.74, 6) is -3.65. The Kier molecular flexibility index (Phi) is 20.7. The number of carbonyl (C=O) groups excluding carboxylic acids is 5. The van der Waals surface area contributed by atoms with Crippen LogP contribution >= 0.6 is 0 Å². The van der Waals surface area contributed by atoms with Gasteiger partial charge in [0.2, 0.25) is 0 Å². The van der Waals surface area contributed by atoms with Crippen molar-refractivity contribution in [3.05, 3.63) is 142 Å². The maximum absolute atomic E-state index is 15.4. The molecular weight excluding hydrogens is 1100 g/mol. The Morgan fingerprint density at radius 1 is 0.430 bits per heavy atom. The molecule has 1 N–H and O–H groups in total. The summed E-state index contributed by atoms with van der Waals surface area (Å²) in [6.45, 7) is 10.7. The molecule has 0 unspecified atom stereocenters. The Morgan fingerprint density at radius 2 is 0.802 bits per heavy atom. The van der Waals surface area contributed by atoms with Crippen molar-refractivity contribution < 1.29 is 76.5 Å². The van der Waals surface area contributed by atoms with E-state index in [-0.39, 0.29) is 103 Å². The molecule has 2 saturated carbocycles. The lowest BCUT2D eigenvalue weighted by molar-refractivity contribution is 0.0163. The van der Waals surface area contributed by atoms with Gasteiger partial charge in [-0.1, -0.05) is 86.3 Å². The number of carboxylic acid groups (broad SMARTS) is 1. The second-order valence-electron chi connectivity index (χ2n) is 21.4. The van der Waals surface area contributed by atoms with E-state index in [1.165, 1.54) is 18.2 Å². The number of hydrogen-bond donors (Lipinski definition) is 1. The molecule has 2 aliphatic carbocycles. The van der Waals surface area contributed by atoms with Crippen LogP contribution in [0.25, 0.3) is 33.0 Å². The number of esters is 1. The minimum atomic E-state index is -1.38. The molecule has 452 valence electrons. The molecule has 6 aromatic carbocycles. The van der Waals surface area contributed by atoms with Crippen molar-refractivity contribution in [1.29, 1.82) is 0 Å². The summed E-state index contributed by atoms with van der Waals surface area (Å²) in [5, 5.41) is 11.7. The highest BCUT2D eigenvalue weighted by atomic mass is 16.6. The number of ether oxygens (including phenoxy) is 9. The van der Waals surface area contributed by atoms with Gasteiger partial charge < -0.3 is 47.7 Å². The SMILES string of the molecule is CCOCCOCCOC(=O)c1ccc(-c2ccc(-c3ccc(C(=O)O)c4c3C(=O)N(c3ccc(C5CCCC5)c(OCCOCCOCC)c3)C4=O)c3ccccc23)c2c1C(=O)N(c1ccc(C3CCCC3)c(OCCOCCOCC)c1)C2=O. The zero-order valence-corrected chi connectivity index (χ0v) is 49.1. The van der Waals surface area contributed by atoms with Crippen molar-refractivity contribution in [2.45, 2.75) is 84.0 Å². The summed E-state index contributed by atoms with van der Waals surface area (Å²) in [7, 11) is 0. The largest absolute Gasteiger partial charge is 0.491 e.